The molecule has 1 heterocycles. The van der Waals surface area contributed by atoms with Crippen molar-refractivity contribution in [3.8, 4) is 0 Å². The largest absolute Gasteiger partial charge is 0.395 e. The number of rotatable bonds is 2. The molecule has 1 fully saturated rings. The highest BCUT2D eigenvalue weighted by atomic mass is 32.1. The summed E-state index contributed by atoms with van der Waals surface area (Å²) in [6.45, 7) is 6.62. The summed E-state index contributed by atoms with van der Waals surface area (Å²) in [6, 6.07) is 0. The second kappa shape index (κ2) is 2.55. The third-order valence-corrected chi connectivity index (χ3v) is 4.07. The second-order valence-electron chi connectivity index (χ2n) is 4.55. The zero-order valence-electron chi connectivity index (χ0n) is 8.29. The van der Waals surface area contributed by atoms with Gasteiger partial charge < -0.3 is 5.11 Å². The predicted molar refractivity (Wildman–Crippen MR) is 54.0 cm³/mol. The fourth-order valence-corrected chi connectivity index (χ4v) is 2.79. The zero-order chi connectivity index (χ0) is 9.69. The molecule has 72 valence electrons. The second-order valence-corrected chi connectivity index (χ2v) is 5.61. The van der Waals surface area contributed by atoms with Crippen molar-refractivity contribution < 1.29 is 5.11 Å². The van der Waals surface area contributed by atoms with E-state index in [-0.39, 0.29) is 17.4 Å². The SMILES string of the molecule is Cc1nc(C2(CO)CC2(C)C)cs1. The molecule has 1 aromatic rings. The summed E-state index contributed by atoms with van der Waals surface area (Å²) < 4.78 is 0. The monoisotopic (exact) mass is 197 g/mol. The lowest BCUT2D eigenvalue weighted by Crippen LogP contribution is -2.19. The Balaban J connectivity index is 2.35. The van der Waals surface area contributed by atoms with Gasteiger partial charge in [0.05, 0.1) is 17.3 Å². The Morgan fingerprint density at radius 1 is 1.62 bits per heavy atom. The molecule has 0 aliphatic heterocycles. The molecule has 0 saturated heterocycles. The van der Waals surface area contributed by atoms with Crippen LogP contribution in [0.2, 0.25) is 0 Å². The lowest BCUT2D eigenvalue weighted by molar-refractivity contribution is 0.229. The van der Waals surface area contributed by atoms with Crippen molar-refractivity contribution >= 4 is 11.3 Å². The van der Waals surface area contributed by atoms with Crippen LogP contribution in [-0.4, -0.2) is 16.7 Å². The Morgan fingerprint density at radius 3 is 2.54 bits per heavy atom. The van der Waals surface area contributed by atoms with Crippen LogP contribution in [0.4, 0.5) is 0 Å². The third-order valence-electron chi connectivity index (χ3n) is 3.29. The molecule has 1 unspecified atom stereocenters. The number of hydrogen-bond acceptors (Lipinski definition) is 3. The van der Waals surface area contributed by atoms with E-state index in [9.17, 15) is 5.11 Å². The highest BCUT2D eigenvalue weighted by Gasteiger charge is 2.62. The van der Waals surface area contributed by atoms with E-state index in [1.54, 1.807) is 11.3 Å². The number of aryl methyl sites for hydroxylation is 1. The van der Waals surface area contributed by atoms with E-state index in [0.29, 0.717) is 0 Å². The van der Waals surface area contributed by atoms with Gasteiger partial charge in [0.25, 0.3) is 0 Å². The molecular formula is C10H15NOS. The molecule has 1 aliphatic carbocycles. The Labute approximate surface area is 82.6 Å². The van der Waals surface area contributed by atoms with Crippen LogP contribution in [0.15, 0.2) is 5.38 Å². The molecule has 1 atom stereocenters. The lowest BCUT2D eigenvalue weighted by Gasteiger charge is -2.14. The highest BCUT2D eigenvalue weighted by molar-refractivity contribution is 7.09. The Hall–Kier alpha value is -0.410. The van der Waals surface area contributed by atoms with E-state index < -0.39 is 0 Å². The minimum atomic E-state index is -0.0439. The average Bonchev–Trinajstić information content (AvgIpc) is 2.43. The Kier molecular flexibility index (Phi) is 1.79. The Bertz CT molecular complexity index is 331. The first-order valence-electron chi connectivity index (χ1n) is 4.55. The van der Waals surface area contributed by atoms with Crippen molar-refractivity contribution in [1.29, 1.82) is 0 Å². The molecule has 2 nitrogen and oxygen atoms in total. The summed E-state index contributed by atoms with van der Waals surface area (Å²) in [6.07, 6.45) is 1.06. The van der Waals surface area contributed by atoms with Gasteiger partial charge in [0.15, 0.2) is 0 Å². The smallest absolute Gasteiger partial charge is 0.0897 e. The fraction of sp³-hybridized carbons (Fsp3) is 0.700. The number of aliphatic hydroxyl groups is 1. The predicted octanol–water partition coefficient (Wildman–Crippen LogP) is 2.11. The van der Waals surface area contributed by atoms with Crippen LogP contribution < -0.4 is 0 Å². The highest BCUT2D eigenvalue weighted by Crippen LogP contribution is 2.63. The third kappa shape index (κ3) is 1.14. The molecular weight excluding hydrogens is 182 g/mol. The molecule has 1 aromatic heterocycles. The van der Waals surface area contributed by atoms with Crippen molar-refractivity contribution in [1.82, 2.24) is 4.98 Å². The maximum absolute atomic E-state index is 9.42. The van der Waals surface area contributed by atoms with Crippen molar-refractivity contribution in [2.24, 2.45) is 5.41 Å². The minimum absolute atomic E-state index is 0.0439. The van der Waals surface area contributed by atoms with Gasteiger partial charge in [0.1, 0.15) is 0 Å². The van der Waals surface area contributed by atoms with Crippen molar-refractivity contribution in [2.75, 3.05) is 6.61 Å². The van der Waals surface area contributed by atoms with Crippen molar-refractivity contribution in [3.05, 3.63) is 16.1 Å². The van der Waals surface area contributed by atoms with Crippen LogP contribution in [0.5, 0.6) is 0 Å². The minimum Gasteiger partial charge on any atom is -0.395 e. The maximum Gasteiger partial charge on any atom is 0.0897 e. The Morgan fingerprint density at radius 2 is 2.23 bits per heavy atom. The summed E-state index contributed by atoms with van der Waals surface area (Å²) in [7, 11) is 0. The maximum atomic E-state index is 9.42. The van der Waals surface area contributed by atoms with Gasteiger partial charge in [-0.2, -0.15) is 0 Å². The van der Waals surface area contributed by atoms with Gasteiger partial charge in [-0.25, -0.2) is 4.98 Å². The summed E-state index contributed by atoms with van der Waals surface area (Å²) >= 11 is 1.67. The van der Waals surface area contributed by atoms with E-state index in [1.807, 2.05) is 6.92 Å². The first-order valence-corrected chi connectivity index (χ1v) is 5.43. The first kappa shape index (κ1) is 9.16. The van der Waals surface area contributed by atoms with E-state index >= 15 is 0 Å². The number of nitrogens with zero attached hydrogens (tertiary/aromatic N) is 1. The molecule has 2 rings (SSSR count). The van der Waals surface area contributed by atoms with Gasteiger partial charge in [-0.15, -0.1) is 11.3 Å². The topological polar surface area (TPSA) is 33.1 Å². The summed E-state index contributed by atoms with van der Waals surface area (Å²) in [5.74, 6) is 0. The van der Waals surface area contributed by atoms with Gasteiger partial charge in [0.2, 0.25) is 0 Å². The molecule has 0 radical (unpaired) electrons. The summed E-state index contributed by atoms with van der Waals surface area (Å²) in [4.78, 5) is 4.47. The molecule has 0 amide bonds. The lowest BCUT2D eigenvalue weighted by atomic mass is 9.94. The number of aromatic nitrogens is 1. The average molecular weight is 197 g/mol. The van der Waals surface area contributed by atoms with Crippen LogP contribution >= 0.6 is 11.3 Å². The van der Waals surface area contributed by atoms with Gasteiger partial charge in [-0.05, 0) is 18.8 Å². The van der Waals surface area contributed by atoms with Crippen molar-refractivity contribution in [3.63, 3.8) is 0 Å². The van der Waals surface area contributed by atoms with Gasteiger partial charge in [0, 0.05) is 10.8 Å². The normalized spacial score (nSPS) is 30.5. The van der Waals surface area contributed by atoms with Crippen molar-refractivity contribution in [2.45, 2.75) is 32.6 Å². The van der Waals surface area contributed by atoms with Crippen LogP contribution in [0, 0.1) is 12.3 Å². The molecule has 0 aromatic carbocycles. The number of thiazole rings is 1. The quantitative estimate of drug-likeness (QED) is 0.787. The molecule has 0 spiro atoms. The molecule has 1 aliphatic rings. The van der Waals surface area contributed by atoms with Crippen LogP contribution in [0.25, 0.3) is 0 Å². The van der Waals surface area contributed by atoms with Gasteiger partial charge >= 0.3 is 0 Å². The van der Waals surface area contributed by atoms with Crippen LogP contribution in [0.3, 0.4) is 0 Å². The summed E-state index contributed by atoms with van der Waals surface area (Å²) in [5, 5.41) is 12.6. The fourth-order valence-electron chi connectivity index (χ4n) is 2.08. The van der Waals surface area contributed by atoms with Crippen LogP contribution in [-0.2, 0) is 5.41 Å². The molecule has 1 saturated carbocycles. The van der Waals surface area contributed by atoms with E-state index in [4.69, 9.17) is 0 Å². The van der Waals surface area contributed by atoms with Crippen LogP contribution in [0.1, 0.15) is 31.0 Å². The van der Waals surface area contributed by atoms with E-state index in [1.165, 1.54) is 0 Å². The van der Waals surface area contributed by atoms with Gasteiger partial charge in [-0.1, -0.05) is 13.8 Å². The molecule has 3 heteroatoms. The van der Waals surface area contributed by atoms with E-state index in [0.717, 1.165) is 17.1 Å². The standard InChI is InChI=1S/C10H15NOS/c1-7-11-8(4-13-7)10(6-12)5-9(10,2)3/h4,12H,5-6H2,1-3H3. The number of hydrogen-bond donors (Lipinski definition) is 1. The molecule has 0 bridgehead atoms. The zero-order valence-corrected chi connectivity index (χ0v) is 9.11. The first-order chi connectivity index (χ1) is 6.02. The van der Waals surface area contributed by atoms with E-state index in [2.05, 4.69) is 24.2 Å². The number of aliphatic hydroxyl groups excluding tert-OH is 1. The van der Waals surface area contributed by atoms with Gasteiger partial charge in [-0.3, -0.25) is 0 Å². The molecule has 13 heavy (non-hydrogen) atoms. The summed E-state index contributed by atoms with van der Waals surface area (Å²) in [5.41, 5.74) is 1.27. The molecule has 1 N–H and O–H groups in total.